The van der Waals surface area contributed by atoms with Crippen molar-refractivity contribution in [3.8, 4) is 11.9 Å². The van der Waals surface area contributed by atoms with Crippen LogP contribution in [0.5, 0.6) is 5.88 Å². The molecular weight excluding hydrogens is 362 g/mol. The summed E-state index contributed by atoms with van der Waals surface area (Å²) in [7, 11) is 0. The van der Waals surface area contributed by atoms with Crippen LogP contribution in [0.25, 0.3) is 5.57 Å². The summed E-state index contributed by atoms with van der Waals surface area (Å²) in [4.78, 5) is 4.45. The van der Waals surface area contributed by atoms with Crippen molar-refractivity contribution < 1.29 is 4.74 Å². The van der Waals surface area contributed by atoms with Gasteiger partial charge in [0.15, 0.2) is 0 Å². The van der Waals surface area contributed by atoms with Gasteiger partial charge in [0.25, 0.3) is 0 Å². The van der Waals surface area contributed by atoms with Crippen molar-refractivity contribution in [2.75, 3.05) is 25.0 Å². The molecule has 0 saturated heterocycles. The number of pyridine rings is 1. The Balaban J connectivity index is 1.50. The van der Waals surface area contributed by atoms with Crippen LogP contribution in [-0.4, -0.2) is 36.9 Å². The van der Waals surface area contributed by atoms with Gasteiger partial charge >= 0.3 is 0 Å². The first-order chi connectivity index (χ1) is 14.1. The average molecular weight is 390 g/mol. The second kappa shape index (κ2) is 9.85. The monoisotopic (exact) mass is 389 g/mol. The van der Waals surface area contributed by atoms with E-state index in [1.165, 1.54) is 11.8 Å². The Morgan fingerprint density at radius 3 is 2.90 bits per heavy atom. The van der Waals surface area contributed by atoms with E-state index in [1.807, 2.05) is 30.3 Å². The van der Waals surface area contributed by atoms with Gasteiger partial charge in [0, 0.05) is 24.5 Å². The highest BCUT2D eigenvalue weighted by atomic mass is 16.5. The number of hydrogen-bond acceptors (Lipinski definition) is 6. The van der Waals surface area contributed by atoms with E-state index in [1.54, 1.807) is 6.20 Å². The molecule has 29 heavy (non-hydrogen) atoms. The lowest BCUT2D eigenvalue weighted by Gasteiger charge is -2.27. The van der Waals surface area contributed by atoms with Gasteiger partial charge in [-0.2, -0.15) is 5.26 Å². The number of nitrogens with zero attached hydrogens (tertiary/aromatic N) is 2. The summed E-state index contributed by atoms with van der Waals surface area (Å²) in [6.07, 6.45) is 6.10. The number of benzene rings is 1. The minimum Gasteiger partial charge on any atom is -0.470 e. The van der Waals surface area contributed by atoms with E-state index in [-0.39, 0.29) is 6.10 Å². The second-order valence-corrected chi connectivity index (χ2v) is 7.47. The van der Waals surface area contributed by atoms with Crippen molar-refractivity contribution in [2.24, 2.45) is 5.92 Å². The van der Waals surface area contributed by atoms with Crippen LogP contribution in [0.4, 0.5) is 5.69 Å². The second-order valence-electron chi connectivity index (χ2n) is 7.47. The minimum absolute atomic E-state index is 0.00947. The summed E-state index contributed by atoms with van der Waals surface area (Å²) < 4.78 is 6.02. The molecule has 1 aromatic carbocycles. The topological polar surface area (TPSA) is 93.8 Å². The number of nitriles is 1. The molecule has 150 valence electrons. The summed E-state index contributed by atoms with van der Waals surface area (Å²) >= 11 is 0. The molecule has 0 unspecified atom stereocenters. The van der Waals surface area contributed by atoms with Crippen molar-refractivity contribution in [3.05, 3.63) is 59.3 Å². The zero-order chi connectivity index (χ0) is 20.6. The Hall–Kier alpha value is -3.17. The molecule has 0 aliphatic carbocycles. The smallest absolute Gasteiger partial charge is 0.237 e. The van der Waals surface area contributed by atoms with Crippen molar-refractivity contribution in [1.29, 1.82) is 10.7 Å². The van der Waals surface area contributed by atoms with Gasteiger partial charge in [0.1, 0.15) is 6.10 Å². The van der Waals surface area contributed by atoms with Crippen LogP contribution >= 0.6 is 0 Å². The lowest BCUT2D eigenvalue weighted by Crippen LogP contribution is -2.40. The van der Waals surface area contributed by atoms with Gasteiger partial charge < -0.3 is 20.8 Å². The van der Waals surface area contributed by atoms with Gasteiger partial charge in [0.2, 0.25) is 5.88 Å². The van der Waals surface area contributed by atoms with Gasteiger partial charge in [-0.15, -0.1) is 0 Å². The first-order valence-corrected chi connectivity index (χ1v) is 9.92. The molecule has 0 bridgehead atoms. The number of aromatic nitrogens is 1. The van der Waals surface area contributed by atoms with E-state index in [2.05, 4.69) is 41.6 Å². The zero-order valence-electron chi connectivity index (χ0n) is 16.9. The first-order valence-electron chi connectivity index (χ1n) is 9.92. The quantitative estimate of drug-likeness (QED) is 0.473. The maximum absolute atomic E-state index is 8.85. The Labute approximate surface area is 172 Å². The number of anilines is 1. The van der Waals surface area contributed by atoms with Gasteiger partial charge in [-0.1, -0.05) is 32.1 Å². The summed E-state index contributed by atoms with van der Waals surface area (Å²) in [5.74, 6) is 0.972. The number of ether oxygens (including phenoxy) is 1. The Kier molecular flexibility index (Phi) is 6.99. The third-order valence-corrected chi connectivity index (χ3v) is 4.70. The Morgan fingerprint density at radius 1 is 1.41 bits per heavy atom. The lowest BCUT2D eigenvalue weighted by molar-refractivity contribution is 0.194. The van der Waals surface area contributed by atoms with Crippen LogP contribution in [-0.2, 0) is 6.42 Å². The van der Waals surface area contributed by atoms with Crippen LogP contribution in [0.15, 0.2) is 42.6 Å². The molecule has 1 aliphatic rings. The van der Waals surface area contributed by atoms with E-state index in [0.717, 1.165) is 36.3 Å². The fraction of sp³-hybridized carbons (Fsp3) is 0.348. The number of allylic oxidation sites excluding steroid dienone is 2. The van der Waals surface area contributed by atoms with Crippen LogP contribution in [0, 0.1) is 22.7 Å². The molecule has 2 aromatic rings. The summed E-state index contributed by atoms with van der Waals surface area (Å²) in [5, 5.41) is 23.3. The Bertz CT molecular complexity index is 912. The molecule has 3 rings (SSSR count). The summed E-state index contributed by atoms with van der Waals surface area (Å²) in [6, 6.07) is 11.8. The van der Waals surface area contributed by atoms with E-state index in [0.29, 0.717) is 23.9 Å². The lowest BCUT2D eigenvalue weighted by atomic mass is 10.0. The predicted molar refractivity (Wildman–Crippen MR) is 116 cm³/mol. The molecule has 1 aliphatic heterocycles. The largest absolute Gasteiger partial charge is 0.470 e. The summed E-state index contributed by atoms with van der Waals surface area (Å²) in [6.45, 7) is 6.46. The van der Waals surface area contributed by atoms with Crippen LogP contribution in [0.3, 0.4) is 0 Å². The molecule has 2 heterocycles. The maximum atomic E-state index is 8.85. The summed E-state index contributed by atoms with van der Waals surface area (Å²) in [5.41, 5.74) is 4.54. The van der Waals surface area contributed by atoms with Crippen molar-refractivity contribution >= 4 is 17.5 Å². The fourth-order valence-corrected chi connectivity index (χ4v) is 3.20. The molecule has 0 fully saturated rings. The van der Waals surface area contributed by atoms with Crippen molar-refractivity contribution in [3.63, 3.8) is 0 Å². The van der Waals surface area contributed by atoms with E-state index >= 15 is 0 Å². The van der Waals surface area contributed by atoms with Crippen molar-refractivity contribution in [2.45, 2.75) is 26.4 Å². The third-order valence-electron chi connectivity index (χ3n) is 4.70. The highest BCUT2D eigenvalue weighted by Crippen LogP contribution is 2.29. The minimum atomic E-state index is 0.00947. The number of rotatable bonds is 8. The fourth-order valence-electron chi connectivity index (χ4n) is 3.20. The van der Waals surface area contributed by atoms with E-state index < -0.39 is 0 Å². The first kappa shape index (κ1) is 20.6. The molecule has 6 heteroatoms. The predicted octanol–water partition coefficient (Wildman–Crippen LogP) is 3.65. The number of fused-ring (bicyclic) bond motifs is 1. The Morgan fingerprint density at radius 2 is 2.21 bits per heavy atom. The van der Waals surface area contributed by atoms with Crippen molar-refractivity contribution in [1.82, 2.24) is 10.3 Å². The van der Waals surface area contributed by atoms with E-state index in [9.17, 15) is 0 Å². The molecule has 0 amide bonds. The molecule has 1 atom stereocenters. The molecule has 6 nitrogen and oxygen atoms in total. The zero-order valence-corrected chi connectivity index (χ0v) is 16.9. The highest BCUT2D eigenvalue weighted by molar-refractivity contribution is 6.08. The molecule has 0 saturated carbocycles. The van der Waals surface area contributed by atoms with Gasteiger partial charge in [-0.05, 0) is 48.2 Å². The van der Waals surface area contributed by atoms with Crippen LogP contribution < -0.4 is 15.4 Å². The van der Waals surface area contributed by atoms with Gasteiger partial charge in [0.05, 0.1) is 23.9 Å². The molecule has 0 radical (unpaired) electrons. The third kappa shape index (κ3) is 5.66. The van der Waals surface area contributed by atoms with Gasteiger partial charge in [-0.25, -0.2) is 4.98 Å². The number of nitrogens with one attached hydrogen (secondary N) is 3. The number of hydrogen-bond donors (Lipinski definition) is 3. The van der Waals surface area contributed by atoms with E-state index in [4.69, 9.17) is 15.4 Å². The molecule has 0 spiro atoms. The average Bonchev–Trinajstić information content (AvgIpc) is 2.75. The maximum Gasteiger partial charge on any atom is 0.237 e. The van der Waals surface area contributed by atoms with Gasteiger partial charge in [-0.3, -0.25) is 0 Å². The molecule has 1 aromatic heterocycles. The van der Waals surface area contributed by atoms with Crippen LogP contribution in [0.1, 0.15) is 30.5 Å². The molecule has 3 N–H and O–H groups in total. The van der Waals surface area contributed by atoms with Crippen LogP contribution in [0.2, 0.25) is 0 Å². The highest BCUT2D eigenvalue weighted by Gasteiger charge is 2.20. The SMILES string of the molecule is CC(C)/C=C(\C=N)c1cnc2c(c1)NC[C@@H](CNCCc1ccc(C#N)cc1)O2. The normalized spacial score (nSPS) is 15.8. The standard InChI is InChI=1S/C23H27N5O/c1-16(2)9-19(12-25)20-10-22-23(28-13-20)29-21(15-27-22)14-26-8-7-17-3-5-18(11-24)6-4-17/h3-6,9-10,12-13,16,21,25-27H,7-8,14-15H2,1-2H3/b19-9+,25-12?/t21-/m1/s1. The molecular formula is C23H27N5O.